The fraction of sp³-hybridized carbons (Fsp3) is 0.483. The normalized spacial score (nSPS) is 18.4. The number of pyridine rings is 1. The molecule has 3 aromatic rings. The number of hydrogen-bond acceptors (Lipinski definition) is 3. The molecule has 0 aliphatic heterocycles. The topological polar surface area (TPSA) is 45.5 Å². The fourth-order valence-corrected chi connectivity index (χ4v) is 6.15. The minimum absolute atomic E-state index is 0.132. The summed E-state index contributed by atoms with van der Waals surface area (Å²) < 4.78 is 40.6. The minimum Gasteiger partial charge on any atom is -0.428 e. The van der Waals surface area contributed by atoms with E-state index in [0.29, 0.717) is 46.4 Å². The van der Waals surface area contributed by atoms with Crippen molar-refractivity contribution in [2.24, 2.45) is 5.41 Å². The molecule has 200 valence electrons. The maximum absolute atomic E-state index is 13.8. The van der Waals surface area contributed by atoms with Gasteiger partial charge in [-0.3, -0.25) is 4.79 Å². The number of halogens is 4. The molecule has 2 unspecified atom stereocenters. The number of rotatable bonds is 7. The van der Waals surface area contributed by atoms with Gasteiger partial charge in [0.15, 0.2) is 5.43 Å². The van der Waals surface area contributed by atoms with Crippen molar-refractivity contribution in [3.8, 4) is 0 Å². The van der Waals surface area contributed by atoms with Crippen molar-refractivity contribution in [1.82, 2.24) is 9.63 Å². The van der Waals surface area contributed by atoms with Crippen molar-refractivity contribution in [3.63, 3.8) is 0 Å². The molecule has 0 saturated carbocycles. The first-order valence-electron chi connectivity index (χ1n) is 12.8. The molecule has 0 saturated heterocycles. The molecular weight excluding hydrogens is 501 g/mol. The van der Waals surface area contributed by atoms with E-state index in [-0.39, 0.29) is 22.7 Å². The highest BCUT2D eigenvalue weighted by Gasteiger charge is 2.37. The van der Waals surface area contributed by atoms with E-state index in [1.54, 1.807) is 18.2 Å². The fourth-order valence-electron chi connectivity index (χ4n) is 5.97. The van der Waals surface area contributed by atoms with Crippen LogP contribution in [0.15, 0.2) is 47.3 Å². The van der Waals surface area contributed by atoms with Crippen LogP contribution in [0.1, 0.15) is 74.8 Å². The molecule has 0 amide bonds. The molecule has 0 radical (unpaired) electrons. The quantitative estimate of drug-likeness (QED) is 0.319. The standard InChI is InChI=1S/C29H34ClF3N2O2/c1-5-34(6-2)17-28(3,4)16-20-13-19(18-7-9-21(10-8-18)29(31,32)33)14-25-26(20)27(36)23-15-22(30)11-12-24(23)35(25)37/h7-12,15,19-20,37H,5-6,13-14,16-17H2,1-4H3. The Morgan fingerprint density at radius 1 is 1.08 bits per heavy atom. The first-order valence-corrected chi connectivity index (χ1v) is 13.2. The molecule has 4 nitrogen and oxygen atoms in total. The number of fused-ring (bicyclic) bond motifs is 2. The van der Waals surface area contributed by atoms with E-state index in [9.17, 15) is 23.2 Å². The van der Waals surface area contributed by atoms with Crippen LogP contribution >= 0.6 is 11.6 Å². The van der Waals surface area contributed by atoms with Gasteiger partial charge in [0, 0.05) is 17.1 Å². The Bertz CT molecular complexity index is 1330. The molecule has 0 bridgehead atoms. The van der Waals surface area contributed by atoms with E-state index in [1.807, 2.05) is 0 Å². The van der Waals surface area contributed by atoms with Crippen molar-refractivity contribution in [3.05, 3.63) is 80.1 Å². The molecule has 1 aromatic heterocycles. The predicted molar refractivity (Wildman–Crippen MR) is 142 cm³/mol. The molecule has 1 aliphatic rings. The zero-order valence-electron chi connectivity index (χ0n) is 21.7. The average Bonchev–Trinajstić information content (AvgIpc) is 2.84. The van der Waals surface area contributed by atoms with Crippen LogP contribution in [0.25, 0.3) is 10.9 Å². The largest absolute Gasteiger partial charge is 0.428 e. The number of nitrogens with zero attached hydrogens (tertiary/aromatic N) is 2. The van der Waals surface area contributed by atoms with Gasteiger partial charge < -0.3 is 10.1 Å². The van der Waals surface area contributed by atoms with Crippen LogP contribution in [0.2, 0.25) is 5.02 Å². The van der Waals surface area contributed by atoms with Gasteiger partial charge in [-0.15, -0.1) is 0 Å². The van der Waals surface area contributed by atoms with Gasteiger partial charge in [0.25, 0.3) is 0 Å². The minimum atomic E-state index is -4.40. The molecule has 2 atom stereocenters. The lowest BCUT2D eigenvalue weighted by Gasteiger charge is -2.38. The SMILES string of the molecule is CCN(CC)CC(C)(C)CC1CC(c2ccc(C(F)(F)F)cc2)Cc2c1c(=O)c1cc(Cl)ccc1n2O. The van der Waals surface area contributed by atoms with E-state index in [2.05, 4.69) is 32.6 Å². The summed E-state index contributed by atoms with van der Waals surface area (Å²) in [6.45, 7) is 11.3. The van der Waals surface area contributed by atoms with Crippen LogP contribution in [0, 0.1) is 5.41 Å². The van der Waals surface area contributed by atoms with Crippen molar-refractivity contribution in [2.45, 2.75) is 65.0 Å². The van der Waals surface area contributed by atoms with Crippen molar-refractivity contribution in [1.29, 1.82) is 0 Å². The molecule has 0 spiro atoms. The van der Waals surface area contributed by atoms with Gasteiger partial charge in [-0.2, -0.15) is 17.9 Å². The van der Waals surface area contributed by atoms with Crippen LogP contribution in [0.4, 0.5) is 13.2 Å². The Hall–Kier alpha value is -2.51. The highest BCUT2D eigenvalue weighted by atomic mass is 35.5. The van der Waals surface area contributed by atoms with Gasteiger partial charge in [-0.25, -0.2) is 0 Å². The zero-order chi connectivity index (χ0) is 27.1. The van der Waals surface area contributed by atoms with E-state index in [0.717, 1.165) is 42.1 Å². The summed E-state index contributed by atoms with van der Waals surface area (Å²) in [6, 6.07) is 10.1. The summed E-state index contributed by atoms with van der Waals surface area (Å²) >= 11 is 6.19. The second-order valence-corrected chi connectivity index (χ2v) is 11.4. The van der Waals surface area contributed by atoms with E-state index in [4.69, 9.17) is 11.6 Å². The molecule has 1 aliphatic carbocycles. The van der Waals surface area contributed by atoms with E-state index >= 15 is 0 Å². The lowest BCUT2D eigenvalue weighted by atomic mass is 9.69. The molecule has 37 heavy (non-hydrogen) atoms. The Morgan fingerprint density at radius 3 is 2.32 bits per heavy atom. The van der Waals surface area contributed by atoms with Crippen molar-refractivity contribution in [2.75, 3.05) is 19.6 Å². The maximum Gasteiger partial charge on any atom is 0.416 e. The van der Waals surface area contributed by atoms with Gasteiger partial charge in [-0.05, 0) is 85.5 Å². The van der Waals surface area contributed by atoms with Gasteiger partial charge in [0.2, 0.25) is 0 Å². The molecule has 8 heteroatoms. The van der Waals surface area contributed by atoms with E-state index in [1.165, 1.54) is 12.1 Å². The van der Waals surface area contributed by atoms with Gasteiger partial charge in [0.05, 0.1) is 22.2 Å². The predicted octanol–water partition coefficient (Wildman–Crippen LogP) is 7.48. The molecule has 4 rings (SSSR count). The van der Waals surface area contributed by atoms with Crippen LogP contribution in [-0.4, -0.2) is 34.5 Å². The van der Waals surface area contributed by atoms with Gasteiger partial charge in [-0.1, -0.05) is 51.4 Å². The third-order valence-electron chi connectivity index (χ3n) is 7.71. The molecule has 2 aromatic carbocycles. The molecule has 0 fully saturated rings. The monoisotopic (exact) mass is 534 g/mol. The maximum atomic E-state index is 13.8. The molecule has 1 heterocycles. The van der Waals surface area contributed by atoms with Crippen LogP contribution in [0.3, 0.4) is 0 Å². The summed E-state index contributed by atoms with van der Waals surface area (Å²) in [7, 11) is 0. The van der Waals surface area contributed by atoms with E-state index < -0.39 is 11.7 Å². The summed E-state index contributed by atoms with van der Waals surface area (Å²) in [5.74, 6) is -0.303. The Balaban J connectivity index is 1.81. The van der Waals surface area contributed by atoms with Gasteiger partial charge in [0.1, 0.15) is 0 Å². The summed E-state index contributed by atoms with van der Waals surface area (Å²) in [5.41, 5.74) is 1.31. The summed E-state index contributed by atoms with van der Waals surface area (Å²) in [6.07, 6.45) is -2.73. The smallest absolute Gasteiger partial charge is 0.416 e. The number of alkyl halides is 3. The van der Waals surface area contributed by atoms with Gasteiger partial charge >= 0.3 is 6.18 Å². The number of hydrogen-bond donors (Lipinski definition) is 1. The van der Waals surface area contributed by atoms with Crippen LogP contribution < -0.4 is 5.43 Å². The third kappa shape index (κ3) is 5.68. The highest BCUT2D eigenvalue weighted by Crippen LogP contribution is 2.45. The van der Waals surface area contributed by atoms with Crippen molar-refractivity contribution < 1.29 is 18.4 Å². The zero-order valence-corrected chi connectivity index (χ0v) is 22.5. The third-order valence-corrected chi connectivity index (χ3v) is 7.95. The highest BCUT2D eigenvalue weighted by molar-refractivity contribution is 6.31. The van der Waals surface area contributed by atoms with Crippen LogP contribution in [0.5, 0.6) is 0 Å². The first-order chi connectivity index (χ1) is 17.3. The Kier molecular flexibility index (Phi) is 7.69. The summed E-state index contributed by atoms with van der Waals surface area (Å²) in [4.78, 5) is 16.1. The molecule has 1 N–H and O–H groups in total. The second kappa shape index (κ2) is 10.3. The first kappa shape index (κ1) is 27.5. The lowest BCUT2D eigenvalue weighted by molar-refractivity contribution is -0.137. The van der Waals surface area contributed by atoms with Crippen molar-refractivity contribution >= 4 is 22.5 Å². The summed E-state index contributed by atoms with van der Waals surface area (Å²) in [5, 5.41) is 12.0. The molecular formula is C29H34ClF3N2O2. The Labute approximate surface area is 220 Å². The Morgan fingerprint density at radius 2 is 1.73 bits per heavy atom. The number of benzene rings is 2. The number of aromatic nitrogens is 1. The second-order valence-electron chi connectivity index (χ2n) is 10.9. The lowest BCUT2D eigenvalue weighted by Crippen LogP contribution is -2.37. The van der Waals surface area contributed by atoms with Crippen LogP contribution in [-0.2, 0) is 12.6 Å². The average molecular weight is 535 g/mol.